The lowest BCUT2D eigenvalue weighted by Gasteiger charge is -2.30. The Labute approximate surface area is 142 Å². The SMILES string of the molecule is O=C(NC1CCC(C(=O)O)CC1)c1cccnc1N1CCCCC1. The Morgan fingerprint density at radius 3 is 2.50 bits per heavy atom. The molecule has 1 saturated heterocycles. The molecule has 2 N–H and O–H groups in total. The summed E-state index contributed by atoms with van der Waals surface area (Å²) in [6, 6.07) is 3.68. The third-order valence-electron chi connectivity index (χ3n) is 5.10. The molecule has 0 atom stereocenters. The normalized spacial score (nSPS) is 24.4. The lowest BCUT2D eigenvalue weighted by molar-refractivity contribution is -0.142. The molecule has 1 saturated carbocycles. The summed E-state index contributed by atoms with van der Waals surface area (Å²) in [5.74, 6) is -0.309. The number of carboxylic acid groups (broad SMARTS) is 1. The largest absolute Gasteiger partial charge is 0.481 e. The molecule has 1 aromatic heterocycles. The first-order chi connectivity index (χ1) is 11.6. The molecule has 6 heteroatoms. The molecular weight excluding hydrogens is 306 g/mol. The van der Waals surface area contributed by atoms with Crippen molar-refractivity contribution in [2.75, 3.05) is 18.0 Å². The van der Waals surface area contributed by atoms with Crippen molar-refractivity contribution >= 4 is 17.7 Å². The maximum absolute atomic E-state index is 12.7. The molecule has 0 radical (unpaired) electrons. The standard InChI is InChI=1S/C18H25N3O3/c22-17(20-14-8-6-13(7-9-14)18(23)24)15-5-4-10-19-16(15)21-11-2-1-3-12-21/h4-5,10,13-14H,1-3,6-9,11-12H2,(H,20,22)(H,23,24). The average molecular weight is 331 g/mol. The summed E-state index contributed by atoms with van der Waals surface area (Å²) in [7, 11) is 0. The van der Waals surface area contributed by atoms with Crippen LogP contribution in [0.5, 0.6) is 0 Å². The van der Waals surface area contributed by atoms with E-state index in [1.165, 1.54) is 6.42 Å². The number of carbonyl (C=O) groups is 2. The molecule has 2 aliphatic rings. The van der Waals surface area contributed by atoms with E-state index in [0.29, 0.717) is 18.4 Å². The second-order valence-corrected chi connectivity index (χ2v) is 6.78. The molecule has 1 aliphatic carbocycles. The third-order valence-corrected chi connectivity index (χ3v) is 5.10. The maximum Gasteiger partial charge on any atom is 0.306 e. The average Bonchev–Trinajstić information content (AvgIpc) is 2.63. The number of carbonyl (C=O) groups excluding carboxylic acids is 1. The number of carboxylic acids is 1. The van der Waals surface area contributed by atoms with Gasteiger partial charge in [0.05, 0.1) is 11.5 Å². The van der Waals surface area contributed by atoms with E-state index in [1.807, 2.05) is 6.07 Å². The van der Waals surface area contributed by atoms with Gasteiger partial charge in [-0.05, 0) is 57.1 Å². The highest BCUT2D eigenvalue weighted by Gasteiger charge is 2.28. The van der Waals surface area contributed by atoms with Gasteiger partial charge in [0.2, 0.25) is 0 Å². The van der Waals surface area contributed by atoms with Crippen LogP contribution in [0.3, 0.4) is 0 Å². The first-order valence-electron chi connectivity index (χ1n) is 8.89. The van der Waals surface area contributed by atoms with Gasteiger partial charge in [0.15, 0.2) is 0 Å². The quantitative estimate of drug-likeness (QED) is 0.885. The second kappa shape index (κ2) is 7.64. The molecule has 0 aromatic carbocycles. The van der Waals surface area contributed by atoms with E-state index in [1.54, 1.807) is 12.3 Å². The van der Waals surface area contributed by atoms with Crippen LogP contribution in [-0.2, 0) is 4.79 Å². The summed E-state index contributed by atoms with van der Waals surface area (Å²) in [5.41, 5.74) is 0.625. The highest BCUT2D eigenvalue weighted by molar-refractivity contribution is 5.99. The summed E-state index contributed by atoms with van der Waals surface area (Å²) in [6.07, 6.45) is 7.95. The van der Waals surface area contributed by atoms with E-state index in [-0.39, 0.29) is 17.9 Å². The lowest BCUT2D eigenvalue weighted by atomic mass is 9.86. The minimum Gasteiger partial charge on any atom is -0.481 e. The molecule has 1 aromatic rings. The number of hydrogen-bond donors (Lipinski definition) is 2. The molecule has 0 bridgehead atoms. The van der Waals surface area contributed by atoms with Gasteiger partial charge in [0.1, 0.15) is 5.82 Å². The Balaban J connectivity index is 1.64. The number of hydrogen-bond acceptors (Lipinski definition) is 4. The summed E-state index contributed by atoms with van der Waals surface area (Å²) >= 11 is 0. The fourth-order valence-electron chi connectivity index (χ4n) is 3.68. The highest BCUT2D eigenvalue weighted by Crippen LogP contribution is 2.26. The van der Waals surface area contributed by atoms with Crippen molar-refractivity contribution in [3.63, 3.8) is 0 Å². The predicted octanol–water partition coefficient (Wildman–Crippen LogP) is 2.45. The smallest absolute Gasteiger partial charge is 0.306 e. The number of pyridine rings is 1. The van der Waals surface area contributed by atoms with Crippen molar-refractivity contribution in [2.24, 2.45) is 5.92 Å². The van der Waals surface area contributed by atoms with Crippen LogP contribution in [0, 0.1) is 5.92 Å². The number of rotatable bonds is 4. The fourth-order valence-corrected chi connectivity index (χ4v) is 3.68. The topological polar surface area (TPSA) is 82.5 Å². The van der Waals surface area contributed by atoms with Crippen LogP contribution in [-0.4, -0.2) is 41.1 Å². The minimum absolute atomic E-state index is 0.0579. The van der Waals surface area contributed by atoms with E-state index in [4.69, 9.17) is 5.11 Å². The van der Waals surface area contributed by atoms with E-state index < -0.39 is 5.97 Å². The van der Waals surface area contributed by atoms with Crippen molar-refractivity contribution in [1.82, 2.24) is 10.3 Å². The van der Waals surface area contributed by atoms with Crippen molar-refractivity contribution < 1.29 is 14.7 Å². The zero-order chi connectivity index (χ0) is 16.9. The van der Waals surface area contributed by atoms with E-state index in [9.17, 15) is 9.59 Å². The Hall–Kier alpha value is -2.11. The summed E-state index contributed by atoms with van der Waals surface area (Å²) < 4.78 is 0. The summed E-state index contributed by atoms with van der Waals surface area (Å²) in [4.78, 5) is 30.4. The number of nitrogens with one attached hydrogen (secondary N) is 1. The van der Waals surface area contributed by atoms with Crippen LogP contribution in [0.15, 0.2) is 18.3 Å². The van der Waals surface area contributed by atoms with Gasteiger partial charge in [-0.3, -0.25) is 9.59 Å². The second-order valence-electron chi connectivity index (χ2n) is 6.78. The number of amides is 1. The van der Waals surface area contributed by atoms with Gasteiger partial charge in [-0.25, -0.2) is 4.98 Å². The van der Waals surface area contributed by atoms with Crippen molar-refractivity contribution in [3.05, 3.63) is 23.9 Å². The van der Waals surface area contributed by atoms with Gasteiger partial charge < -0.3 is 15.3 Å². The minimum atomic E-state index is -0.723. The molecule has 1 amide bonds. The van der Waals surface area contributed by atoms with Crippen LogP contribution in [0.25, 0.3) is 0 Å². The van der Waals surface area contributed by atoms with Crippen LogP contribution in [0.2, 0.25) is 0 Å². The Bertz CT molecular complexity index is 591. The van der Waals surface area contributed by atoms with Crippen LogP contribution >= 0.6 is 0 Å². The number of aliphatic carboxylic acids is 1. The molecule has 130 valence electrons. The third kappa shape index (κ3) is 3.86. The van der Waals surface area contributed by atoms with Crippen molar-refractivity contribution in [3.8, 4) is 0 Å². The first-order valence-corrected chi connectivity index (χ1v) is 8.89. The highest BCUT2D eigenvalue weighted by atomic mass is 16.4. The van der Waals surface area contributed by atoms with Crippen LogP contribution < -0.4 is 10.2 Å². The zero-order valence-electron chi connectivity index (χ0n) is 13.9. The molecule has 24 heavy (non-hydrogen) atoms. The molecule has 6 nitrogen and oxygen atoms in total. The molecule has 2 fully saturated rings. The maximum atomic E-state index is 12.7. The van der Waals surface area contributed by atoms with Gasteiger partial charge in [-0.15, -0.1) is 0 Å². The summed E-state index contributed by atoms with van der Waals surface area (Å²) in [6.45, 7) is 1.89. The van der Waals surface area contributed by atoms with Crippen LogP contribution in [0.1, 0.15) is 55.3 Å². The summed E-state index contributed by atoms with van der Waals surface area (Å²) in [5, 5.41) is 12.1. The molecule has 2 heterocycles. The van der Waals surface area contributed by atoms with E-state index in [0.717, 1.165) is 44.6 Å². The van der Waals surface area contributed by atoms with Crippen molar-refractivity contribution in [2.45, 2.75) is 51.0 Å². The van der Waals surface area contributed by atoms with Gasteiger partial charge in [0, 0.05) is 25.3 Å². The van der Waals surface area contributed by atoms with E-state index >= 15 is 0 Å². The number of piperidine rings is 1. The number of aromatic nitrogens is 1. The van der Waals surface area contributed by atoms with Gasteiger partial charge in [-0.2, -0.15) is 0 Å². The van der Waals surface area contributed by atoms with Gasteiger partial charge in [-0.1, -0.05) is 0 Å². The monoisotopic (exact) mass is 331 g/mol. The molecule has 3 rings (SSSR count). The Morgan fingerprint density at radius 2 is 1.83 bits per heavy atom. The van der Waals surface area contributed by atoms with Crippen LogP contribution in [0.4, 0.5) is 5.82 Å². The molecule has 1 aliphatic heterocycles. The lowest BCUT2D eigenvalue weighted by Crippen LogP contribution is -2.40. The number of nitrogens with zero attached hydrogens (tertiary/aromatic N) is 2. The molecule has 0 spiro atoms. The number of anilines is 1. The Morgan fingerprint density at radius 1 is 1.12 bits per heavy atom. The predicted molar refractivity (Wildman–Crippen MR) is 91.1 cm³/mol. The van der Waals surface area contributed by atoms with Crippen molar-refractivity contribution in [1.29, 1.82) is 0 Å². The Kier molecular flexibility index (Phi) is 5.33. The van der Waals surface area contributed by atoms with Gasteiger partial charge in [0.25, 0.3) is 5.91 Å². The van der Waals surface area contributed by atoms with Gasteiger partial charge >= 0.3 is 5.97 Å². The molecular formula is C18H25N3O3. The first kappa shape index (κ1) is 16.7. The zero-order valence-corrected chi connectivity index (χ0v) is 13.9. The fraction of sp³-hybridized carbons (Fsp3) is 0.611. The molecule has 0 unspecified atom stereocenters. The van der Waals surface area contributed by atoms with E-state index in [2.05, 4.69) is 15.2 Å².